The molecule has 0 spiro atoms. The van der Waals surface area contributed by atoms with Crippen molar-refractivity contribution in [3.8, 4) is 17.0 Å². The molecule has 0 saturated heterocycles. The van der Waals surface area contributed by atoms with E-state index in [2.05, 4.69) is 5.10 Å². The number of carbonyl (C=O) groups is 1. The number of aromatic nitrogens is 2. The number of carbonyl (C=O) groups excluding carboxylic acids is 1. The molecule has 2 heterocycles. The van der Waals surface area contributed by atoms with Crippen LogP contribution in [0.25, 0.3) is 17.0 Å². The molecule has 94 valence electrons. The molecule has 0 bridgehead atoms. The number of furan rings is 1. The number of halogens is 1. The Bertz CT molecular complexity index is 717. The molecule has 0 atom stereocenters. The maximum absolute atomic E-state index is 10.6. The van der Waals surface area contributed by atoms with Gasteiger partial charge in [0.05, 0.1) is 10.7 Å². The number of aldehydes is 1. The highest BCUT2D eigenvalue weighted by atomic mass is 35.5. The van der Waals surface area contributed by atoms with Crippen LogP contribution < -0.4 is 0 Å². The minimum absolute atomic E-state index is 0.294. The van der Waals surface area contributed by atoms with Gasteiger partial charge in [-0.1, -0.05) is 11.6 Å². The molecule has 5 heteroatoms. The van der Waals surface area contributed by atoms with Crippen LogP contribution in [0.15, 0.2) is 53.2 Å². The second-order valence-corrected chi connectivity index (χ2v) is 4.34. The minimum Gasteiger partial charge on any atom is -0.453 e. The number of hydrogen-bond donors (Lipinski definition) is 0. The second kappa shape index (κ2) is 4.74. The van der Waals surface area contributed by atoms with E-state index in [1.807, 2.05) is 24.4 Å². The van der Waals surface area contributed by atoms with Gasteiger partial charge >= 0.3 is 0 Å². The van der Waals surface area contributed by atoms with Crippen molar-refractivity contribution in [3.05, 3.63) is 59.6 Å². The SMILES string of the molecule is O=Cc1ccc(-c2ccc(-n3cccn3)c(Cl)c2)o1. The first-order valence-electron chi connectivity index (χ1n) is 5.63. The summed E-state index contributed by atoms with van der Waals surface area (Å²) < 4.78 is 7.04. The van der Waals surface area contributed by atoms with Crippen molar-refractivity contribution in [1.82, 2.24) is 9.78 Å². The topological polar surface area (TPSA) is 48.0 Å². The zero-order chi connectivity index (χ0) is 13.2. The molecular weight excluding hydrogens is 264 g/mol. The normalized spacial score (nSPS) is 10.6. The largest absolute Gasteiger partial charge is 0.453 e. The monoisotopic (exact) mass is 272 g/mol. The van der Waals surface area contributed by atoms with E-state index in [9.17, 15) is 4.79 Å². The van der Waals surface area contributed by atoms with Crippen LogP contribution in [0, 0.1) is 0 Å². The molecular formula is C14H9ClN2O2. The molecule has 4 nitrogen and oxygen atoms in total. The summed E-state index contributed by atoms with van der Waals surface area (Å²) in [7, 11) is 0. The van der Waals surface area contributed by atoms with Crippen LogP contribution in [0.1, 0.15) is 10.6 Å². The Morgan fingerprint density at radius 3 is 2.79 bits per heavy atom. The summed E-state index contributed by atoms with van der Waals surface area (Å²) in [6.07, 6.45) is 4.18. The second-order valence-electron chi connectivity index (χ2n) is 3.94. The average Bonchev–Trinajstić information content (AvgIpc) is 3.10. The van der Waals surface area contributed by atoms with Gasteiger partial charge in [-0.25, -0.2) is 4.68 Å². The van der Waals surface area contributed by atoms with Crippen molar-refractivity contribution < 1.29 is 9.21 Å². The fraction of sp³-hybridized carbons (Fsp3) is 0. The van der Waals surface area contributed by atoms with Crippen LogP contribution in [0.4, 0.5) is 0 Å². The summed E-state index contributed by atoms with van der Waals surface area (Å²) in [5.74, 6) is 0.901. The summed E-state index contributed by atoms with van der Waals surface area (Å²) >= 11 is 6.24. The maximum atomic E-state index is 10.6. The Hall–Kier alpha value is -2.33. The lowest BCUT2D eigenvalue weighted by atomic mass is 10.1. The predicted molar refractivity (Wildman–Crippen MR) is 71.7 cm³/mol. The Kier molecular flexibility index (Phi) is 2.93. The third kappa shape index (κ3) is 2.18. The number of hydrogen-bond acceptors (Lipinski definition) is 3. The van der Waals surface area contributed by atoms with Gasteiger partial charge in [0.15, 0.2) is 12.0 Å². The van der Waals surface area contributed by atoms with E-state index in [-0.39, 0.29) is 0 Å². The standard InChI is InChI=1S/C14H9ClN2O2/c15-12-8-10(14-5-3-11(9-18)19-14)2-4-13(12)17-7-1-6-16-17/h1-9H. The minimum atomic E-state index is 0.294. The Balaban J connectivity index is 2.01. The van der Waals surface area contributed by atoms with Gasteiger partial charge in [-0.2, -0.15) is 5.10 Å². The molecule has 0 unspecified atom stereocenters. The lowest BCUT2D eigenvalue weighted by molar-refractivity contribution is 0.110. The maximum Gasteiger partial charge on any atom is 0.185 e. The van der Waals surface area contributed by atoms with Gasteiger partial charge in [-0.15, -0.1) is 0 Å². The first kappa shape index (κ1) is 11.7. The molecule has 0 aliphatic carbocycles. The van der Waals surface area contributed by atoms with E-state index in [0.717, 1.165) is 11.3 Å². The summed E-state index contributed by atoms with van der Waals surface area (Å²) in [5.41, 5.74) is 1.60. The van der Waals surface area contributed by atoms with E-state index in [4.69, 9.17) is 16.0 Å². The van der Waals surface area contributed by atoms with E-state index >= 15 is 0 Å². The predicted octanol–water partition coefficient (Wildman–Crippen LogP) is 3.60. The Morgan fingerprint density at radius 1 is 1.26 bits per heavy atom. The smallest absolute Gasteiger partial charge is 0.185 e. The Morgan fingerprint density at radius 2 is 2.16 bits per heavy atom. The molecule has 0 N–H and O–H groups in total. The van der Waals surface area contributed by atoms with Crippen molar-refractivity contribution >= 4 is 17.9 Å². The zero-order valence-electron chi connectivity index (χ0n) is 9.79. The molecule has 3 rings (SSSR count). The Labute approximate surface area is 114 Å². The van der Waals surface area contributed by atoms with E-state index in [0.29, 0.717) is 22.8 Å². The molecule has 0 aliphatic rings. The molecule has 19 heavy (non-hydrogen) atoms. The fourth-order valence-electron chi connectivity index (χ4n) is 1.83. The van der Waals surface area contributed by atoms with E-state index < -0.39 is 0 Å². The van der Waals surface area contributed by atoms with Crippen LogP contribution in [-0.4, -0.2) is 16.1 Å². The van der Waals surface area contributed by atoms with Crippen molar-refractivity contribution in [2.24, 2.45) is 0 Å². The van der Waals surface area contributed by atoms with Crippen molar-refractivity contribution in [2.45, 2.75) is 0 Å². The molecule has 0 radical (unpaired) electrons. The quantitative estimate of drug-likeness (QED) is 0.685. The van der Waals surface area contributed by atoms with Crippen LogP contribution in [0.3, 0.4) is 0 Å². The van der Waals surface area contributed by atoms with Crippen molar-refractivity contribution in [2.75, 3.05) is 0 Å². The molecule has 0 saturated carbocycles. The zero-order valence-corrected chi connectivity index (χ0v) is 10.5. The third-order valence-corrected chi connectivity index (χ3v) is 3.03. The fourth-order valence-corrected chi connectivity index (χ4v) is 2.10. The lowest BCUT2D eigenvalue weighted by Crippen LogP contribution is -1.95. The summed E-state index contributed by atoms with van der Waals surface area (Å²) in [6, 6.07) is 10.7. The van der Waals surface area contributed by atoms with Crippen LogP contribution in [-0.2, 0) is 0 Å². The van der Waals surface area contributed by atoms with Gasteiger partial charge in [0.25, 0.3) is 0 Å². The van der Waals surface area contributed by atoms with Gasteiger partial charge in [-0.05, 0) is 36.4 Å². The first-order valence-corrected chi connectivity index (χ1v) is 6.00. The van der Waals surface area contributed by atoms with Crippen LogP contribution in [0.5, 0.6) is 0 Å². The molecule has 3 aromatic rings. The number of nitrogens with zero attached hydrogens (tertiary/aromatic N) is 2. The summed E-state index contributed by atoms with van der Waals surface area (Å²) in [6.45, 7) is 0. The van der Waals surface area contributed by atoms with Gasteiger partial charge in [-0.3, -0.25) is 4.79 Å². The first-order chi connectivity index (χ1) is 9.28. The lowest BCUT2D eigenvalue weighted by Gasteiger charge is -2.05. The molecule has 1 aromatic carbocycles. The third-order valence-electron chi connectivity index (χ3n) is 2.73. The number of benzene rings is 1. The van der Waals surface area contributed by atoms with Crippen LogP contribution in [0.2, 0.25) is 5.02 Å². The van der Waals surface area contributed by atoms with E-state index in [1.165, 1.54) is 0 Å². The summed E-state index contributed by atoms with van der Waals surface area (Å²) in [5, 5.41) is 4.69. The van der Waals surface area contributed by atoms with Crippen molar-refractivity contribution in [1.29, 1.82) is 0 Å². The van der Waals surface area contributed by atoms with E-state index in [1.54, 1.807) is 29.1 Å². The van der Waals surface area contributed by atoms with Crippen molar-refractivity contribution in [3.63, 3.8) is 0 Å². The highest BCUT2D eigenvalue weighted by Gasteiger charge is 2.08. The number of rotatable bonds is 3. The molecule has 0 aliphatic heterocycles. The average molecular weight is 273 g/mol. The van der Waals surface area contributed by atoms with Crippen LogP contribution >= 0.6 is 11.6 Å². The van der Waals surface area contributed by atoms with Gasteiger partial charge in [0, 0.05) is 18.0 Å². The highest BCUT2D eigenvalue weighted by molar-refractivity contribution is 6.32. The van der Waals surface area contributed by atoms with Gasteiger partial charge in [0.1, 0.15) is 5.76 Å². The summed E-state index contributed by atoms with van der Waals surface area (Å²) in [4.78, 5) is 10.6. The molecule has 2 aromatic heterocycles. The highest BCUT2D eigenvalue weighted by Crippen LogP contribution is 2.28. The molecule has 0 fully saturated rings. The van der Waals surface area contributed by atoms with Gasteiger partial charge in [0.2, 0.25) is 0 Å². The molecule has 0 amide bonds. The van der Waals surface area contributed by atoms with Gasteiger partial charge < -0.3 is 4.42 Å².